The first-order valence-corrected chi connectivity index (χ1v) is 10.5. The third kappa shape index (κ3) is 6.73. The largest absolute Gasteiger partial charge is 0.383 e. The molecule has 5 N–H and O–H groups in total. The minimum atomic E-state index is -0.335. The Morgan fingerprint density at radius 1 is 1.10 bits per heavy atom. The van der Waals surface area contributed by atoms with Crippen molar-refractivity contribution in [2.75, 3.05) is 0 Å². The zero-order valence-corrected chi connectivity index (χ0v) is 17.7. The first-order valence-electron chi connectivity index (χ1n) is 10.1. The molecule has 162 valence electrons. The van der Waals surface area contributed by atoms with E-state index in [1.165, 1.54) is 12.1 Å². The van der Waals surface area contributed by atoms with Gasteiger partial charge in [-0.05, 0) is 56.0 Å². The summed E-state index contributed by atoms with van der Waals surface area (Å²) in [5, 5.41) is 5.15. The van der Waals surface area contributed by atoms with Gasteiger partial charge in [0, 0.05) is 34.7 Å². The summed E-state index contributed by atoms with van der Waals surface area (Å²) in [6.07, 6.45) is 5.69. The number of aliphatic imine (C=N–C) groups is 1. The standard InChI is InChI=1S/C23H24ClFN4O2/c24-17-9-5-15(6-10-17)22(30)28-18-11-7-16(8-12-18)23(31)29-21(26)13-14-27-20-4-2-1-3-19(20)25/h1-6,9-10,13-14,16,18,27H,7-8,11-12H2,(H,28,30)(H2,26,29,31)/p+1. The van der Waals surface area contributed by atoms with E-state index < -0.39 is 0 Å². The van der Waals surface area contributed by atoms with E-state index in [1.807, 2.05) is 0 Å². The first kappa shape index (κ1) is 22.7. The van der Waals surface area contributed by atoms with Gasteiger partial charge in [0.1, 0.15) is 12.0 Å². The number of hydrogen-bond donors (Lipinski definition) is 3. The lowest BCUT2D eigenvalue weighted by Crippen LogP contribution is -2.71. The molecule has 0 bridgehead atoms. The van der Waals surface area contributed by atoms with Gasteiger partial charge in [-0.25, -0.2) is 4.39 Å². The number of amidine groups is 1. The van der Waals surface area contributed by atoms with Gasteiger partial charge in [0.25, 0.3) is 11.8 Å². The van der Waals surface area contributed by atoms with Crippen LogP contribution in [-0.4, -0.2) is 23.7 Å². The van der Waals surface area contributed by atoms with Gasteiger partial charge in [-0.3, -0.25) is 14.9 Å². The molecule has 0 atom stereocenters. The highest BCUT2D eigenvalue weighted by Gasteiger charge is 2.27. The second-order valence-corrected chi connectivity index (χ2v) is 7.89. The topological polar surface area (TPSA) is 101 Å². The molecule has 31 heavy (non-hydrogen) atoms. The van der Waals surface area contributed by atoms with Gasteiger partial charge in [-0.1, -0.05) is 23.7 Å². The summed E-state index contributed by atoms with van der Waals surface area (Å²) < 4.78 is 13.6. The van der Waals surface area contributed by atoms with Crippen LogP contribution in [0.5, 0.6) is 0 Å². The Kier molecular flexibility index (Phi) is 7.92. The Morgan fingerprint density at radius 2 is 1.77 bits per heavy atom. The molecule has 2 aromatic rings. The van der Waals surface area contributed by atoms with Crippen LogP contribution in [0, 0.1) is 11.7 Å². The molecule has 1 aliphatic rings. The zero-order chi connectivity index (χ0) is 22.2. The third-order valence-electron chi connectivity index (χ3n) is 5.21. The van der Waals surface area contributed by atoms with E-state index >= 15 is 0 Å². The lowest BCUT2D eigenvalue weighted by molar-refractivity contribution is -0.498. The van der Waals surface area contributed by atoms with E-state index in [-0.39, 0.29) is 35.4 Å². The lowest BCUT2D eigenvalue weighted by Gasteiger charge is -2.27. The van der Waals surface area contributed by atoms with Gasteiger partial charge < -0.3 is 11.1 Å². The molecule has 3 rings (SSSR count). The minimum absolute atomic E-state index is 0.0174. The second kappa shape index (κ2) is 10.8. The van der Waals surface area contributed by atoms with Crippen LogP contribution in [0.3, 0.4) is 0 Å². The van der Waals surface area contributed by atoms with E-state index in [9.17, 15) is 14.0 Å². The van der Waals surface area contributed by atoms with Gasteiger partial charge in [0.05, 0.1) is 0 Å². The summed E-state index contributed by atoms with van der Waals surface area (Å²) in [5.74, 6) is -0.888. The maximum atomic E-state index is 13.6. The number of benzene rings is 2. The molecular weight excluding hydrogens is 419 g/mol. The van der Waals surface area contributed by atoms with E-state index in [4.69, 9.17) is 17.3 Å². The maximum Gasteiger partial charge on any atom is 0.251 e. The molecule has 0 saturated heterocycles. The normalized spacial score (nSPS) is 19.4. The van der Waals surface area contributed by atoms with Crippen molar-refractivity contribution in [2.45, 2.75) is 31.7 Å². The predicted octanol–water partition coefficient (Wildman–Crippen LogP) is 3.06. The maximum absolute atomic E-state index is 13.6. The number of nitrogens with two attached hydrogens (primary N) is 2. The van der Waals surface area contributed by atoms with Crippen LogP contribution in [0.15, 0.2) is 65.8 Å². The van der Waals surface area contributed by atoms with Gasteiger partial charge in [0.15, 0.2) is 11.5 Å². The van der Waals surface area contributed by atoms with Crippen molar-refractivity contribution in [3.8, 4) is 0 Å². The molecule has 8 heteroatoms. The van der Waals surface area contributed by atoms with Crippen LogP contribution >= 0.6 is 11.6 Å². The number of quaternary nitrogens is 1. The fourth-order valence-electron chi connectivity index (χ4n) is 3.47. The number of nitrogens with zero attached hydrogens (tertiary/aromatic N) is 1. The summed E-state index contributed by atoms with van der Waals surface area (Å²) in [5.41, 5.74) is 6.80. The molecule has 0 heterocycles. The zero-order valence-electron chi connectivity index (χ0n) is 16.9. The Morgan fingerprint density at radius 3 is 2.45 bits per heavy atom. The molecule has 0 unspecified atom stereocenters. The number of para-hydroxylation sites is 1. The van der Waals surface area contributed by atoms with Crippen molar-refractivity contribution < 1.29 is 19.3 Å². The van der Waals surface area contributed by atoms with Crippen LogP contribution in [0.2, 0.25) is 5.02 Å². The van der Waals surface area contributed by atoms with Crippen molar-refractivity contribution in [3.05, 3.63) is 77.2 Å². The summed E-state index contributed by atoms with van der Waals surface area (Å²) in [7, 11) is 0. The van der Waals surface area contributed by atoms with Gasteiger partial charge in [0.2, 0.25) is 0 Å². The van der Waals surface area contributed by atoms with Crippen molar-refractivity contribution in [2.24, 2.45) is 16.6 Å². The molecule has 2 aromatic carbocycles. The summed E-state index contributed by atoms with van der Waals surface area (Å²) in [6.45, 7) is 0. The Bertz CT molecular complexity index is 983. The average Bonchev–Trinajstić information content (AvgIpc) is 2.76. The number of carbonyl (C=O) groups excluding carboxylic acids is 2. The number of carbonyl (C=O) groups is 2. The molecule has 1 aliphatic carbocycles. The van der Waals surface area contributed by atoms with Crippen LogP contribution in [0.25, 0.3) is 0 Å². The van der Waals surface area contributed by atoms with Crippen LogP contribution < -0.4 is 16.4 Å². The summed E-state index contributed by atoms with van der Waals surface area (Å²) >= 11 is 5.85. The number of amides is 2. The van der Waals surface area contributed by atoms with Crippen LogP contribution in [0.4, 0.5) is 10.1 Å². The second-order valence-electron chi connectivity index (χ2n) is 7.45. The molecule has 1 saturated carbocycles. The van der Waals surface area contributed by atoms with Crippen molar-refractivity contribution in [3.63, 3.8) is 0 Å². The van der Waals surface area contributed by atoms with Gasteiger partial charge in [-0.2, -0.15) is 4.99 Å². The monoisotopic (exact) mass is 443 g/mol. The summed E-state index contributed by atoms with van der Waals surface area (Å²) in [4.78, 5) is 28.7. The van der Waals surface area contributed by atoms with Crippen LogP contribution in [0.1, 0.15) is 36.0 Å². The molecule has 0 aliphatic heterocycles. The number of nitrogens with one attached hydrogen (secondary N) is 1. The number of hydrogen-bond acceptors (Lipinski definition) is 2. The van der Waals surface area contributed by atoms with Crippen molar-refractivity contribution in [1.82, 2.24) is 5.32 Å². The number of rotatable bonds is 6. The van der Waals surface area contributed by atoms with Crippen molar-refractivity contribution in [1.29, 1.82) is 0 Å². The predicted molar refractivity (Wildman–Crippen MR) is 118 cm³/mol. The van der Waals surface area contributed by atoms with Crippen molar-refractivity contribution >= 4 is 34.9 Å². The Balaban J connectivity index is 1.45. The molecule has 1 fully saturated rings. The molecular formula is C23H25ClFN4O2+. The molecule has 6 nitrogen and oxygen atoms in total. The van der Waals surface area contributed by atoms with E-state index in [2.05, 4.69) is 10.3 Å². The number of halogens is 2. The van der Waals surface area contributed by atoms with E-state index in [1.54, 1.807) is 54.0 Å². The molecule has 2 amide bonds. The Labute approximate surface area is 185 Å². The fraction of sp³-hybridized carbons (Fsp3) is 0.261. The van der Waals surface area contributed by atoms with Gasteiger partial charge in [-0.15, -0.1) is 0 Å². The average molecular weight is 444 g/mol. The highest BCUT2D eigenvalue weighted by molar-refractivity contribution is 6.30. The SMILES string of the molecule is NC(C=C[NH2+]c1ccccc1F)=NC(=O)C1CCC(NC(=O)c2ccc(Cl)cc2)CC1. The fourth-order valence-corrected chi connectivity index (χ4v) is 3.60. The molecule has 0 radical (unpaired) electrons. The van der Waals surface area contributed by atoms with E-state index in [0.717, 1.165) is 0 Å². The smallest absolute Gasteiger partial charge is 0.251 e. The Hall–Kier alpha value is -3.03. The van der Waals surface area contributed by atoms with E-state index in [0.29, 0.717) is 42.0 Å². The highest BCUT2D eigenvalue weighted by atomic mass is 35.5. The highest BCUT2D eigenvalue weighted by Crippen LogP contribution is 2.25. The van der Waals surface area contributed by atoms with Gasteiger partial charge >= 0.3 is 0 Å². The van der Waals surface area contributed by atoms with Crippen LogP contribution in [-0.2, 0) is 4.79 Å². The molecule has 0 aromatic heterocycles. The lowest BCUT2D eigenvalue weighted by atomic mass is 9.85. The first-order chi connectivity index (χ1) is 14.9. The summed E-state index contributed by atoms with van der Waals surface area (Å²) in [6, 6.07) is 13.1. The molecule has 0 spiro atoms. The minimum Gasteiger partial charge on any atom is -0.383 e. The quantitative estimate of drug-likeness (QED) is 0.363. The third-order valence-corrected chi connectivity index (χ3v) is 5.46.